The van der Waals surface area contributed by atoms with Crippen molar-refractivity contribution in [2.45, 2.75) is 37.9 Å². The third-order valence-corrected chi connectivity index (χ3v) is 3.17. The summed E-state index contributed by atoms with van der Waals surface area (Å²) in [5, 5.41) is 8.89. The molecule has 0 bridgehead atoms. The minimum absolute atomic E-state index is 0.141. The number of carbonyl (C=O) groups is 2. The first-order chi connectivity index (χ1) is 7.76. The van der Waals surface area contributed by atoms with Gasteiger partial charge in [0.25, 0.3) is 0 Å². The topological polar surface area (TPSA) is 57.6 Å². The van der Waals surface area contributed by atoms with Crippen LogP contribution in [0.25, 0.3) is 0 Å². The second-order valence-corrected chi connectivity index (χ2v) is 4.67. The summed E-state index contributed by atoms with van der Waals surface area (Å²) in [5.74, 6) is -2.18. The van der Waals surface area contributed by atoms with Crippen molar-refractivity contribution >= 4 is 11.9 Å². The van der Waals surface area contributed by atoms with Crippen molar-refractivity contribution in [3.05, 3.63) is 0 Å². The summed E-state index contributed by atoms with van der Waals surface area (Å²) >= 11 is 0. The number of hydrogen-bond acceptors (Lipinski definition) is 2. The maximum atomic E-state index is 12.3. The van der Waals surface area contributed by atoms with Crippen LogP contribution in [0, 0.1) is 5.41 Å². The van der Waals surface area contributed by atoms with Gasteiger partial charge in [0.2, 0.25) is 5.91 Å². The highest BCUT2D eigenvalue weighted by Gasteiger charge is 2.60. The lowest BCUT2D eigenvalue weighted by atomic mass is 10.1. The maximum Gasteiger partial charge on any atom is 0.406 e. The molecule has 0 radical (unpaired) electrons. The first kappa shape index (κ1) is 12.2. The van der Waals surface area contributed by atoms with Gasteiger partial charge in [-0.3, -0.25) is 9.59 Å². The van der Waals surface area contributed by atoms with Crippen LogP contribution in [-0.2, 0) is 9.59 Å². The van der Waals surface area contributed by atoms with Crippen LogP contribution >= 0.6 is 0 Å². The van der Waals surface area contributed by atoms with E-state index in [-0.39, 0.29) is 12.8 Å². The number of nitrogens with zero attached hydrogens (tertiary/aromatic N) is 1. The van der Waals surface area contributed by atoms with Crippen molar-refractivity contribution in [2.24, 2.45) is 5.41 Å². The van der Waals surface area contributed by atoms with E-state index in [1.807, 2.05) is 0 Å². The summed E-state index contributed by atoms with van der Waals surface area (Å²) in [6.07, 6.45) is -3.15. The zero-order valence-corrected chi connectivity index (χ0v) is 8.96. The Labute approximate surface area is 95.4 Å². The van der Waals surface area contributed by atoms with Crippen LogP contribution in [0.3, 0.4) is 0 Å². The Balaban J connectivity index is 2.12. The van der Waals surface area contributed by atoms with Gasteiger partial charge in [-0.2, -0.15) is 13.2 Å². The average Bonchev–Trinajstić information content (AvgIpc) is 3.00. The largest absolute Gasteiger partial charge is 0.480 e. The Kier molecular flexibility index (Phi) is 2.59. The van der Waals surface area contributed by atoms with Gasteiger partial charge < -0.3 is 10.0 Å². The molecule has 0 unspecified atom stereocenters. The minimum Gasteiger partial charge on any atom is -0.480 e. The molecule has 1 amide bonds. The molecule has 0 aromatic rings. The molecule has 2 aliphatic rings. The smallest absolute Gasteiger partial charge is 0.406 e. The SMILES string of the molecule is O=C(O)C1(C(=O)N(CC(F)(F)F)C2CC2)CC1. The van der Waals surface area contributed by atoms with Crippen LogP contribution in [0.1, 0.15) is 25.7 Å². The van der Waals surface area contributed by atoms with E-state index < -0.39 is 36.1 Å². The van der Waals surface area contributed by atoms with Gasteiger partial charge in [0.05, 0.1) is 0 Å². The Morgan fingerprint density at radius 2 is 1.82 bits per heavy atom. The average molecular weight is 251 g/mol. The number of carbonyl (C=O) groups excluding carboxylic acids is 1. The Hall–Kier alpha value is -1.27. The lowest BCUT2D eigenvalue weighted by molar-refractivity contribution is -0.170. The molecular weight excluding hydrogens is 239 g/mol. The van der Waals surface area contributed by atoms with Crippen molar-refractivity contribution in [3.63, 3.8) is 0 Å². The molecule has 7 heteroatoms. The monoisotopic (exact) mass is 251 g/mol. The Morgan fingerprint density at radius 1 is 1.29 bits per heavy atom. The fraction of sp³-hybridized carbons (Fsp3) is 0.800. The minimum atomic E-state index is -4.48. The van der Waals surface area contributed by atoms with Crippen molar-refractivity contribution in [3.8, 4) is 0 Å². The highest BCUT2D eigenvalue weighted by atomic mass is 19.4. The van der Waals surface area contributed by atoms with Gasteiger partial charge in [0, 0.05) is 6.04 Å². The predicted octanol–water partition coefficient (Wildman–Crippen LogP) is 1.40. The number of aliphatic carboxylic acids is 1. The molecule has 0 spiro atoms. The number of carboxylic acids is 1. The molecule has 0 atom stereocenters. The third kappa shape index (κ3) is 2.37. The normalized spacial score (nSPS) is 22.1. The second-order valence-electron chi connectivity index (χ2n) is 4.67. The molecule has 2 rings (SSSR count). The summed E-state index contributed by atoms with van der Waals surface area (Å²) in [6, 6.07) is -0.430. The summed E-state index contributed by atoms with van der Waals surface area (Å²) in [7, 11) is 0. The molecular formula is C10H12F3NO3. The lowest BCUT2D eigenvalue weighted by Gasteiger charge is -2.26. The summed E-state index contributed by atoms with van der Waals surface area (Å²) in [4.78, 5) is 23.5. The third-order valence-electron chi connectivity index (χ3n) is 3.17. The highest BCUT2D eigenvalue weighted by molar-refractivity contribution is 6.05. The van der Waals surface area contributed by atoms with Crippen LogP contribution < -0.4 is 0 Å². The zero-order valence-electron chi connectivity index (χ0n) is 8.96. The highest BCUT2D eigenvalue weighted by Crippen LogP contribution is 2.49. The predicted molar refractivity (Wildman–Crippen MR) is 50.1 cm³/mol. The standard InChI is InChI=1S/C10H12F3NO3/c11-10(12,13)5-14(6-1-2-6)7(15)9(3-4-9)8(16)17/h6H,1-5H2,(H,16,17). The van der Waals surface area contributed by atoms with Crippen LogP contribution in [0.4, 0.5) is 13.2 Å². The first-order valence-electron chi connectivity index (χ1n) is 5.37. The fourth-order valence-electron chi connectivity index (χ4n) is 1.87. The first-order valence-corrected chi connectivity index (χ1v) is 5.37. The van der Waals surface area contributed by atoms with Crippen LogP contribution in [-0.4, -0.2) is 40.6 Å². The van der Waals surface area contributed by atoms with Crippen molar-refractivity contribution in [1.29, 1.82) is 0 Å². The molecule has 17 heavy (non-hydrogen) atoms. The molecule has 2 aliphatic carbocycles. The van der Waals surface area contributed by atoms with E-state index in [4.69, 9.17) is 5.11 Å². The quantitative estimate of drug-likeness (QED) is 0.768. The lowest BCUT2D eigenvalue weighted by Crippen LogP contribution is -2.46. The number of hydrogen-bond donors (Lipinski definition) is 1. The molecule has 2 fully saturated rings. The molecule has 0 aromatic carbocycles. The number of rotatable bonds is 4. The van der Waals surface area contributed by atoms with Crippen LogP contribution in [0.2, 0.25) is 0 Å². The molecule has 2 saturated carbocycles. The summed E-state index contributed by atoms with van der Waals surface area (Å²) in [5.41, 5.74) is -1.58. The molecule has 0 saturated heterocycles. The number of halogens is 3. The second kappa shape index (κ2) is 3.61. The van der Waals surface area contributed by atoms with E-state index in [0.717, 1.165) is 0 Å². The van der Waals surface area contributed by atoms with Gasteiger partial charge >= 0.3 is 12.1 Å². The summed E-state index contributed by atoms with van der Waals surface area (Å²) < 4.78 is 37.0. The molecule has 96 valence electrons. The van der Waals surface area contributed by atoms with Crippen molar-refractivity contribution in [1.82, 2.24) is 4.90 Å². The molecule has 0 aromatic heterocycles. The van der Waals surface area contributed by atoms with Crippen molar-refractivity contribution < 1.29 is 27.9 Å². The van der Waals surface area contributed by atoms with Gasteiger partial charge in [0.15, 0.2) is 0 Å². The van der Waals surface area contributed by atoms with Gasteiger partial charge in [-0.05, 0) is 25.7 Å². The molecule has 0 aliphatic heterocycles. The summed E-state index contributed by atoms with van der Waals surface area (Å²) in [6.45, 7) is -1.34. The van der Waals surface area contributed by atoms with Crippen LogP contribution in [0.15, 0.2) is 0 Å². The number of amides is 1. The van der Waals surface area contributed by atoms with E-state index in [9.17, 15) is 22.8 Å². The Bertz CT molecular complexity index is 358. The van der Waals surface area contributed by atoms with E-state index >= 15 is 0 Å². The fourth-order valence-corrected chi connectivity index (χ4v) is 1.87. The van der Waals surface area contributed by atoms with Gasteiger partial charge in [0.1, 0.15) is 12.0 Å². The van der Waals surface area contributed by atoms with E-state index in [2.05, 4.69) is 0 Å². The zero-order chi connectivity index (χ0) is 12.8. The maximum absolute atomic E-state index is 12.3. The molecule has 4 nitrogen and oxygen atoms in total. The number of carboxylic acid groups (broad SMARTS) is 1. The van der Waals surface area contributed by atoms with E-state index in [0.29, 0.717) is 17.7 Å². The number of alkyl halides is 3. The Morgan fingerprint density at radius 3 is 2.12 bits per heavy atom. The van der Waals surface area contributed by atoms with Gasteiger partial charge in [-0.25, -0.2) is 0 Å². The molecule has 1 N–H and O–H groups in total. The molecule has 0 heterocycles. The van der Waals surface area contributed by atoms with E-state index in [1.165, 1.54) is 0 Å². The van der Waals surface area contributed by atoms with Gasteiger partial charge in [-0.15, -0.1) is 0 Å². The van der Waals surface area contributed by atoms with Gasteiger partial charge in [-0.1, -0.05) is 0 Å². The van der Waals surface area contributed by atoms with Crippen LogP contribution in [0.5, 0.6) is 0 Å². The van der Waals surface area contributed by atoms with Crippen molar-refractivity contribution in [2.75, 3.05) is 6.54 Å². The van der Waals surface area contributed by atoms with E-state index in [1.54, 1.807) is 0 Å².